The van der Waals surface area contributed by atoms with Crippen LogP contribution in [0.5, 0.6) is 0 Å². The number of carbonyl (C=O) groups is 3. The molecule has 7 bridgehead atoms. The molecule has 0 radical (unpaired) electrons. The maximum Gasteiger partial charge on any atom is 0.340 e. The molecule has 8 rings (SSSR count). The first-order chi connectivity index (χ1) is 22.5. The van der Waals surface area contributed by atoms with Gasteiger partial charge in [-0.25, -0.2) is 9.69 Å². The van der Waals surface area contributed by atoms with Crippen molar-refractivity contribution in [3.63, 3.8) is 0 Å². The first kappa shape index (κ1) is 31.8. The van der Waals surface area contributed by atoms with Crippen molar-refractivity contribution in [3.05, 3.63) is 29.8 Å². The van der Waals surface area contributed by atoms with E-state index < -0.39 is 46.1 Å². The molecule has 7 aliphatic rings. The van der Waals surface area contributed by atoms with Crippen LogP contribution in [-0.4, -0.2) is 111 Å². The molecule has 12 heteroatoms. The summed E-state index contributed by atoms with van der Waals surface area (Å²) in [4.78, 5) is 40.7. The fourth-order valence-electron chi connectivity index (χ4n) is 12.5. The third-order valence-corrected chi connectivity index (χ3v) is 13.9. The van der Waals surface area contributed by atoms with Gasteiger partial charge in [0, 0.05) is 82.3 Å². The normalized spacial score (nSPS) is 49.0. The van der Waals surface area contributed by atoms with Gasteiger partial charge in [-0.15, -0.1) is 0 Å². The second-order valence-corrected chi connectivity index (χ2v) is 15.3. The Bertz CT molecular complexity index is 1510. The van der Waals surface area contributed by atoms with Crippen molar-refractivity contribution < 1.29 is 48.3 Å². The van der Waals surface area contributed by atoms with Gasteiger partial charge < -0.3 is 39.2 Å². The van der Waals surface area contributed by atoms with Gasteiger partial charge in [0.2, 0.25) is 11.8 Å². The van der Waals surface area contributed by atoms with Gasteiger partial charge in [-0.3, -0.25) is 9.59 Å². The number of para-hydroxylation sites is 1. The Morgan fingerprint density at radius 1 is 1.06 bits per heavy atom. The molecule has 2 aliphatic heterocycles. The Morgan fingerprint density at radius 3 is 2.49 bits per heavy atom. The molecule has 2 saturated heterocycles. The van der Waals surface area contributed by atoms with Crippen molar-refractivity contribution in [2.45, 2.75) is 80.7 Å². The summed E-state index contributed by atoms with van der Waals surface area (Å²) in [5.41, 5.74) is -4.22. The predicted molar refractivity (Wildman–Crippen MR) is 165 cm³/mol. The third-order valence-electron chi connectivity index (χ3n) is 13.9. The summed E-state index contributed by atoms with van der Waals surface area (Å²) < 4.78 is 30.9. The number of aliphatic hydroxyl groups is 2. The van der Waals surface area contributed by atoms with E-state index in [-0.39, 0.29) is 84.5 Å². The second kappa shape index (κ2) is 10.5. The number of imide groups is 1. The van der Waals surface area contributed by atoms with E-state index in [4.69, 9.17) is 23.7 Å². The fourth-order valence-corrected chi connectivity index (χ4v) is 12.5. The summed E-state index contributed by atoms with van der Waals surface area (Å²) in [6, 6.07) is 6.01. The highest BCUT2D eigenvalue weighted by Crippen LogP contribution is 2.79. The van der Waals surface area contributed by atoms with E-state index >= 15 is 0 Å². The Morgan fingerprint density at radius 2 is 1.83 bits per heavy atom. The standard InChI is InChI=1S/C35H46N2O10/c1-17-12-24(38)37(29(17)39)21-9-7-6-8-18(21)30(40)47-16-32-11-10-23(44-3)34-20-13-19-22(43-2)14-33(41,25(20)26(19)45-4)35(42,31(34)36-15-32)28(46-5)27(32)34/h6-9,17,19-20,22-23,25-28,31,36,41-42H,10-16H2,1-5H3/t17-,19+,20+,22-,23-,25+,26-,27+,28-,31?,32-,33+,34-,35+/m0/s1. The van der Waals surface area contributed by atoms with Gasteiger partial charge in [-0.2, -0.15) is 0 Å². The number of methoxy groups -OCH3 is 4. The zero-order chi connectivity index (χ0) is 33.3. The van der Waals surface area contributed by atoms with Gasteiger partial charge in [-0.05, 0) is 37.3 Å². The first-order valence-electron chi connectivity index (χ1n) is 16.9. The molecular weight excluding hydrogens is 608 g/mol. The number of anilines is 1. The van der Waals surface area contributed by atoms with Crippen molar-refractivity contribution in [2.24, 2.45) is 40.4 Å². The Balaban J connectivity index is 1.20. The number of hydrogen-bond acceptors (Lipinski definition) is 11. The zero-order valence-corrected chi connectivity index (χ0v) is 27.6. The van der Waals surface area contributed by atoms with Crippen molar-refractivity contribution in [3.8, 4) is 0 Å². The number of nitrogens with zero attached hydrogens (tertiary/aromatic N) is 1. The molecule has 256 valence electrons. The number of hydrogen-bond donors (Lipinski definition) is 3. The molecule has 3 N–H and O–H groups in total. The topological polar surface area (TPSA) is 153 Å². The van der Waals surface area contributed by atoms with E-state index in [1.807, 2.05) is 0 Å². The summed E-state index contributed by atoms with van der Waals surface area (Å²) in [5.74, 6) is -2.50. The third kappa shape index (κ3) is 3.60. The largest absolute Gasteiger partial charge is 0.461 e. The predicted octanol–water partition coefficient (Wildman–Crippen LogP) is 1.30. The average molecular weight is 655 g/mol. The lowest BCUT2D eigenvalue weighted by atomic mass is 9.43. The molecule has 2 amide bonds. The van der Waals surface area contributed by atoms with Crippen LogP contribution in [0.4, 0.5) is 5.69 Å². The molecule has 14 atom stereocenters. The number of amides is 2. The van der Waals surface area contributed by atoms with Crippen LogP contribution in [0, 0.1) is 40.4 Å². The minimum Gasteiger partial charge on any atom is -0.461 e. The van der Waals surface area contributed by atoms with Gasteiger partial charge in [0.1, 0.15) is 11.2 Å². The molecule has 7 fully saturated rings. The van der Waals surface area contributed by atoms with Gasteiger partial charge in [0.05, 0.1) is 48.3 Å². The van der Waals surface area contributed by atoms with Crippen LogP contribution in [0.25, 0.3) is 0 Å². The van der Waals surface area contributed by atoms with E-state index in [0.717, 1.165) is 11.3 Å². The lowest BCUT2D eigenvalue weighted by Gasteiger charge is -2.67. The number of fused-ring (bicyclic) bond motifs is 2. The highest BCUT2D eigenvalue weighted by atomic mass is 16.5. The molecule has 5 saturated carbocycles. The van der Waals surface area contributed by atoms with E-state index in [1.54, 1.807) is 59.6 Å². The number of rotatable bonds is 8. The molecule has 1 unspecified atom stereocenters. The van der Waals surface area contributed by atoms with E-state index in [9.17, 15) is 24.6 Å². The molecule has 47 heavy (non-hydrogen) atoms. The Hall–Kier alpha value is -2.45. The lowest BCUT2D eigenvalue weighted by Crippen LogP contribution is -2.81. The summed E-state index contributed by atoms with van der Waals surface area (Å²) in [6.45, 7) is 2.16. The molecule has 1 spiro atoms. The molecule has 1 aromatic carbocycles. The molecule has 0 aromatic heterocycles. The lowest BCUT2D eigenvalue weighted by molar-refractivity contribution is -0.301. The van der Waals surface area contributed by atoms with Gasteiger partial charge in [0.25, 0.3) is 0 Å². The van der Waals surface area contributed by atoms with Gasteiger partial charge >= 0.3 is 5.97 Å². The highest BCUT2D eigenvalue weighted by molar-refractivity contribution is 6.22. The van der Waals surface area contributed by atoms with Crippen LogP contribution in [0.15, 0.2) is 24.3 Å². The SMILES string of the molecule is CO[C@H]1[C@@H]2C[C@@H]3[C@H]1[C@](O)(C[C@@H]2OC)[C@]1(O)C2NC[C@]4(COC(=O)c5ccccc5N5C(=O)C[C@H](C)C5=O)CC[C@H](OC)[C@@]23[C@@H]4[C@@H]1OC. The zero-order valence-electron chi connectivity index (χ0n) is 27.6. The van der Waals surface area contributed by atoms with E-state index in [0.29, 0.717) is 19.4 Å². The van der Waals surface area contributed by atoms with Crippen LogP contribution < -0.4 is 10.2 Å². The maximum absolute atomic E-state index is 13.9. The number of nitrogens with one attached hydrogen (secondary N) is 1. The molecule has 12 nitrogen and oxygen atoms in total. The summed E-state index contributed by atoms with van der Waals surface area (Å²) in [7, 11) is 6.62. The van der Waals surface area contributed by atoms with Crippen LogP contribution in [0.3, 0.4) is 0 Å². The Labute approximate surface area is 274 Å². The Kier molecular flexibility index (Phi) is 7.12. The molecule has 1 aromatic rings. The van der Waals surface area contributed by atoms with E-state index in [1.165, 1.54) is 0 Å². The number of benzene rings is 1. The maximum atomic E-state index is 13.9. The number of piperidine rings is 1. The fraction of sp³-hybridized carbons (Fsp3) is 0.743. The second-order valence-electron chi connectivity index (χ2n) is 15.3. The van der Waals surface area contributed by atoms with Crippen LogP contribution in [0.2, 0.25) is 0 Å². The summed E-state index contributed by atoms with van der Waals surface area (Å²) in [6.07, 6.45) is 0.753. The number of esters is 1. The number of carbonyl (C=O) groups excluding carboxylic acids is 3. The summed E-state index contributed by atoms with van der Waals surface area (Å²) in [5, 5.41) is 29.7. The minimum absolute atomic E-state index is 0.0185. The monoisotopic (exact) mass is 654 g/mol. The first-order valence-corrected chi connectivity index (χ1v) is 16.9. The smallest absolute Gasteiger partial charge is 0.340 e. The van der Waals surface area contributed by atoms with Crippen molar-refractivity contribution in [1.82, 2.24) is 5.32 Å². The van der Waals surface area contributed by atoms with Crippen LogP contribution in [-0.2, 0) is 33.3 Å². The van der Waals surface area contributed by atoms with Crippen molar-refractivity contribution in [1.29, 1.82) is 0 Å². The quantitative estimate of drug-likeness (QED) is 0.275. The number of ether oxygens (including phenoxy) is 5. The molecule has 5 aliphatic carbocycles. The highest BCUT2D eigenvalue weighted by Gasteiger charge is 2.90. The molecule has 2 heterocycles. The van der Waals surface area contributed by atoms with Gasteiger partial charge in [-0.1, -0.05) is 19.1 Å². The van der Waals surface area contributed by atoms with Gasteiger partial charge in [0.15, 0.2) is 0 Å². The van der Waals surface area contributed by atoms with Crippen LogP contribution in [0.1, 0.15) is 49.4 Å². The van der Waals surface area contributed by atoms with Crippen molar-refractivity contribution >= 4 is 23.5 Å². The average Bonchev–Trinajstić information content (AvgIpc) is 3.58. The summed E-state index contributed by atoms with van der Waals surface area (Å²) >= 11 is 0. The van der Waals surface area contributed by atoms with Crippen LogP contribution >= 0.6 is 0 Å². The molecular formula is C35H46N2O10. The van der Waals surface area contributed by atoms with Crippen molar-refractivity contribution in [2.75, 3.05) is 46.5 Å². The van der Waals surface area contributed by atoms with E-state index in [2.05, 4.69) is 5.32 Å². The minimum atomic E-state index is -1.71.